The molecule has 3 aliphatic carbocycles. The number of rotatable bonds is 3. The van der Waals surface area contributed by atoms with Crippen LogP contribution in [0, 0.1) is 5.92 Å². The molecule has 0 heterocycles. The van der Waals surface area contributed by atoms with Gasteiger partial charge < -0.3 is 5.32 Å². The second-order valence-corrected chi connectivity index (χ2v) is 7.07. The molecule has 0 amide bonds. The van der Waals surface area contributed by atoms with Crippen LogP contribution in [-0.2, 0) is 4.79 Å². The number of likely N-dealkylation sites (N-methyl/N-ethyl adjacent to an activating group) is 1. The first-order valence-corrected chi connectivity index (χ1v) is 8.55. The number of hydrogen-bond donors (Lipinski definition) is 1. The number of carbonyl (C=O) groups excluding carboxylic acids is 1. The van der Waals surface area contributed by atoms with Crippen molar-refractivity contribution in [3.8, 4) is 0 Å². The Morgan fingerprint density at radius 1 is 0.870 bits per heavy atom. The lowest BCUT2D eigenvalue weighted by atomic mass is 9.53. The molecule has 0 aromatic heterocycles. The normalized spacial score (nSPS) is 32.9. The maximum Gasteiger partial charge on any atom is 0.153 e. The van der Waals surface area contributed by atoms with Crippen LogP contribution in [0.1, 0.15) is 42.2 Å². The Balaban J connectivity index is 1.77. The van der Waals surface area contributed by atoms with Crippen LogP contribution in [0.2, 0.25) is 0 Å². The van der Waals surface area contributed by atoms with Crippen molar-refractivity contribution in [3.63, 3.8) is 0 Å². The van der Waals surface area contributed by atoms with Crippen molar-refractivity contribution < 1.29 is 4.79 Å². The highest BCUT2D eigenvalue weighted by atomic mass is 16.1. The summed E-state index contributed by atoms with van der Waals surface area (Å²) in [5.41, 5.74) is 2.41. The first-order valence-electron chi connectivity index (χ1n) is 8.55. The fraction of sp³-hybridized carbons (Fsp3) is 0.381. The molecule has 2 aromatic carbocycles. The van der Waals surface area contributed by atoms with Gasteiger partial charge in [0.25, 0.3) is 0 Å². The van der Waals surface area contributed by atoms with Gasteiger partial charge in [-0.1, -0.05) is 60.7 Å². The van der Waals surface area contributed by atoms with Gasteiger partial charge in [0.1, 0.15) is 0 Å². The van der Waals surface area contributed by atoms with Crippen LogP contribution in [0.5, 0.6) is 0 Å². The minimum atomic E-state index is -0.351. The molecule has 0 spiro atoms. The molecule has 0 radical (unpaired) electrons. The Bertz CT molecular complexity index is 645. The van der Waals surface area contributed by atoms with Gasteiger partial charge in [-0.25, -0.2) is 0 Å². The maximum atomic E-state index is 12.7. The SMILES string of the molecule is CNC12C[C@@H](c3ccccc3)C(CC1=O)[C@H](c1ccccc1)C2. The van der Waals surface area contributed by atoms with Gasteiger partial charge in [-0.2, -0.15) is 0 Å². The molecular formula is C21H23NO. The smallest absolute Gasteiger partial charge is 0.153 e. The van der Waals surface area contributed by atoms with Crippen molar-refractivity contribution in [2.24, 2.45) is 5.92 Å². The van der Waals surface area contributed by atoms with E-state index < -0.39 is 0 Å². The molecular weight excluding hydrogens is 282 g/mol. The molecule has 0 aliphatic heterocycles. The summed E-state index contributed by atoms with van der Waals surface area (Å²) in [7, 11) is 1.95. The number of ketones is 1. The Morgan fingerprint density at radius 3 is 1.78 bits per heavy atom. The molecule has 2 bridgehead atoms. The van der Waals surface area contributed by atoms with E-state index in [1.54, 1.807) is 0 Å². The molecule has 23 heavy (non-hydrogen) atoms. The van der Waals surface area contributed by atoms with Crippen LogP contribution in [0.4, 0.5) is 0 Å². The molecule has 0 unspecified atom stereocenters. The second-order valence-electron chi connectivity index (χ2n) is 7.07. The van der Waals surface area contributed by atoms with Crippen LogP contribution >= 0.6 is 0 Å². The van der Waals surface area contributed by atoms with Gasteiger partial charge in [-0.05, 0) is 48.8 Å². The molecule has 3 fully saturated rings. The topological polar surface area (TPSA) is 29.1 Å². The van der Waals surface area contributed by atoms with E-state index in [2.05, 4.69) is 66.0 Å². The summed E-state index contributed by atoms with van der Waals surface area (Å²) < 4.78 is 0. The van der Waals surface area contributed by atoms with Crippen molar-refractivity contribution in [2.75, 3.05) is 7.05 Å². The van der Waals surface area contributed by atoms with Gasteiger partial charge in [-0.3, -0.25) is 4.79 Å². The quantitative estimate of drug-likeness (QED) is 0.932. The number of Topliss-reactive ketones (excluding diaryl/α,β-unsaturated/α-hetero) is 1. The minimum absolute atomic E-state index is 0.351. The zero-order valence-corrected chi connectivity index (χ0v) is 13.5. The number of nitrogens with one attached hydrogen (secondary N) is 1. The summed E-state index contributed by atoms with van der Waals surface area (Å²) in [4.78, 5) is 12.7. The van der Waals surface area contributed by atoms with Gasteiger partial charge >= 0.3 is 0 Å². The second kappa shape index (κ2) is 5.61. The predicted octanol–water partition coefficient (Wildman–Crippen LogP) is 3.90. The fourth-order valence-corrected chi connectivity index (χ4v) is 4.81. The summed E-state index contributed by atoms with van der Waals surface area (Å²) in [6, 6.07) is 21.5. The molecule has 1 N–H and O–H groups in total. The van der Waals surface area contributed by atoms with E-state index in [-0.39, 0.29) is 5.54 Å². The Hall–Kier alpha value is -1.93. The lowest BCUT2D eigenvalue weighted by Crippen LogP contribution is -2.61. The van der Waals surface area contributed by atoms with Crippen molar-refractivity contribution in [3.05, 3.63) is 71.8 Å². The van der Waals surface area contributed by atoms with E-state index in [0.717, 1.165) is 12.8 Å². The molecule has 3 aliphatic rings. The standard InChI is InChI=1S/C21H23NO/c1-22-21-13-18(15-8-4-2-5-9-15)17(12-20(21)23)19(14-21)16-10-6-3-7-11-16/h2-11,17-19,22H,12-14H2,1H3/t17?,18-,19-,21?/m0/s1. The Kier molecular flexibility index (Phi) is 3.57. The summed E-state index contributed by atoms with van der Waals surface area (Å²) in [5, 5.41) is 3.40. The van der Waals surface area contributed by atoms with E-state index >= 15 is 0 Å². The zero-order chi connectivity index (χ0) is 15.9. The average Bonchev–Trinajstić information content (AvgIpc) is 2.63. The van der Waals surface area contributed by atoms with E-state index in [4.69, 9.17) is 0 Å². The highest BCUT2D eigenvalue weighted by Crippen LogP contribution is 2.56. The van der Waals surface area contributed by atoms with E-state index in [9.17, 15) is 4.79 Å². The number of hydrogen-bond acceptors (Lipinski definition) is 2. The summed E-state index contributed by atoms with van der Waals surface area (Å²) in [6.07, 6.45) is 2.56. The van der Waals surface area contributed by atoms with E-state index in [1.165, 1.54) is 11.1 Å². The largest absolute Gasteiger partial charge is 0.308 e. The molecule has 118 valence electrons. The number of fused-ring (bicyclic) bond motifs is 3. The predicted molar refractivity (Wildman–Crippen MR) is 92.5 cm³/mol. The van der Waals surface area contributed by atoms with Crippen molar-refractivity contribution in [1.82, 2.24) is 5.32 Å². The third-order valence-corrected chi connectivity index (χ3v) is 6.06. The first kappa shape index (κ1) is 14.6. The third-order valence-electron chi connectivity index (χ3n) is 6.06. The van der Waals surface area contributed by atoms with Crippen molar-refractivity contribution in [2.45, 2.75) is 36.6 Å². The lowest BCUT2D eigenvalue weighted by molar-refractivity contribution is -0.134. The summed E-state index contributed by atoms with van der Waals surface area (Å²) in [5.74, 6) is 1.74. The average molecular weight is 305 g/mol. The Labute approximate surface area is 137 Å². The van der Waals surface area contributed by atoms with Gasteiger partial charge in [0.2, 0.25) is 0 Å². The van der Waals surface area contributed by atoms with Crippen molar-refractivity contribution in [1.29, 1.82) is 0 Å². The van der Waals surface area contributed by atoms with Gasteiger partial charge in [0.05, 0.1) is 5.54 Å². The first-order chi connectivity index (χ1) is 11.2. The van der Waals surface area contributed by atoms with Gasteiger partial charge in [-0.15, -0.1) is 0 Å². The van der Waals surface area contributed by atoms with Crippen molar-refractivity contribution >= 4 is 5.78 Å². The fourth-order valence-electron chi connectivity index (χ4n) is 4.81. The Morgan fingerprint density at radius 2 is 1.35 bits per heavy atom. The lowest BCUT2D eigenvalue weighted by Gasteiger charge is -2.54. The monoisotopic (exact) mass is 305 g/mol. The van der Waals surface area contributed by atoms with Crippen LogP contribution in [0.3, 0.4) is 0 Å². The van der Waals surface area contributed by atoms with Crippen LogP contribution in [0.25, 0.3) is 0 Å². The maximum absolute atomic E-state index is 12.7. The molecule has 3 saturated carbocycles. The number of benzene rings is 2. The molecule has 2 atom stereocenters. The highest BCUT2D eigenvalue weighted by Gasteiger charge is 2.55. The third kappa shape index (κ3) is 2.33. The number of carbonyl (C=O) groups is 1. The zero-order valence-electron chi connectivity index (χ0n) is 13.5. The van der Waals surface area contributed by atoms with Crippen LogP contribution in [0.15, 0.2) is 60.7 Å². The molecule has 0 saturated heterocycles. The minimum Gasteiger partial charge on any atom is -0.308 e. The van der Waals surface area contributed by atoms with Gasteiger partial charge in [0.15, 0.2) is 5.78 Å². The molecule has 2 heteroatoms. The molecule has 2 aromatic rings. The van der Waals surface area contributed by atoms with Crippen LogP contribution in [-0.4, -0.2) is 18.4 Å². The van der Waals surface area contributed by atoms with Crippen LogP contribution < -0.4 is 5.32 Å². The molecule has 2 nitrogen and oxygen atoms in total. The van der Waals surface area contributed by atoms with E-state index in [1.807, 2.05) is 7.05 Å². The summed E-state index contributed by atoms with van der Waals surface area (Å²) in [6.45, 7) is 0. The van der Waals surface area contributed by atoms with E-state index in [0.29, 0.717) is 30.0 Å². The molecule has 5 rings (SSSR count). The summed E-state index contributed by atoms with van der Waals surface area (Å²) >= 11 is 0. The van der Waals surface area contributed by atoms with Gasteiger partial charge in [0, 0.05) is 6.42 Å². The highest BCUT2D eigenvalue weighted by molar-refractivity contribution is 5.91.